The maximum absolute atomic E-state index is 11.8. The summed E-state index contributed by atoms with van der Waals surface area (Å²) < 4.78 is 0. The number of hydrogen-bond acceptors (Lipinski definition) is 2. The van der Waals surface area contributed by atoms with Gasteiger partial charge in [0.25, 0.3) is 0 Å². The van der Waals surface area contributed by atoms with Crippen LogP contribution in [-0.2, 0) is 4.79 Å². The van der Waals surface area contributed by atoms with E-state index in [0.717, 1.165) is 25.9 Å². The lowest BCUT2D eigenvalue weighted by molar-refractivity contribution is -0.142. The summed E-state index contributed by atoms with van der Waals surface area (Å²) in [6.07, 6.45) is 1.97. The van der Waals surface area contributed by atoms with Gasteiger partial charge in [0.1, 0.15) is 0 Å². The van der Waals surface area contributed by atoms with E-state index in [1.54, 1.807) is 0 Å². The molecule has 1 saturated carbocycles. The van der Waals surface area contributed by atoms with Crippen LogP contribution in [-0.4, -0.2) is 35.6 Å². The first-order valence-electron chi connectivity index (χ1n) is 5.14. The molecule has 3 heteroatoms. The lowest BCUT2D eigenvalue weighted by Crippen LogP contribution is -2.44. The van der Waals surface area contributed by atoms with Crippen molar-refractivity contribution in [1.82, 2.24) is 4.90 Å². The highest BCUT2D eigenvalue weighted by Gasteiger charge is 2.37. The van der Waals surface area contributed by atoms with Crippen LogP contribution in [0.25, 0.3) is 0 Å². The summed E-state index contributed by atoms with van der Waals surface area (Å²) in [6, 6.07) is 0. The molecular formula is C10H19NO2. The summed E-state index contributed by atoms with van der Waals surface area (Å²) in [5, 5.41) is 8.96. The van der Waals surface area contributed by atoms with Gasteiger partial charge in [-0.25, -0.2) is 0 Å². The van der Waals surface area contributed by atoms with E-state index in [0.29, 0.717) is 0 Å². The van der Waals surface area contributed by atoms with Crippen LogP contribution >= 0.6 is 0 Å². The summed E-state index contributed by atoms with van der Waals surface area (Å²) in [5.74, 6) is 0.563. The highest BCUT2D eigenvalue weighted by molar-refractivity contribution is 5.80. The molecule has 3 nitrogen and oxygen atoms in total. The Labute approximate surface area is 79.7 Å². The SMILES string of the molecule is CCN(CC)C(=O)C1CCC1CO. The van der Waals surface area contributed by atoms with Gasteiger partial charge in [0.05, 0.1) is 0 Å². The molecule has 76 valence electrons. The van der Waals surface area contributed by atoms with Crippen molar-refractivity contribution in [3.05, 3.63) is 0 Å². The minimum Gasteiger partial charge on any atom is -0.396 e. The number of amides is 1. The predicted octanol–water partition coefficient (Wildman–Crippen LogP) is 0.873. The molecule has 1 aliphatic carbocycles. The average molecular weight is 185 g/mol. The fourth-order valence-electron chi connectivity index (χ4n) is 1.88. The summed E-state index contributed by atoms with van der Waals surface area (Å²) in [6.45, 7) is 5.72. The molecular weight excluding hydrogens is 166 g/mol. The molecule has 1 aliphatic rings. The van der Waals surface area contributed by atoms with Crippen molar-refractivity contribution >= 4 is 5.91 Å². The molecule has 1 N–H and O–H groups in total. The molecule has 0 aromatic carbocycles. The zero-order valence-corrected chi connectivity index (χ0v) is 8.49. The highest BCUT2D eigenvalue weighted by Crippen LogP contribution is 2.35. The van der Waals surface area contributed by atoms with Crippen molar-refractivity contribution in [2.24, 2.45) is 11.8 Å². The van der Waals surface area contributed by atoms with Crippen molar-refractivity contribution in [3.8, 4) is 0 Å². The Balaban J connectivity index is 2.46. The first-order chi connectivity index (χ1) is 6.24. The molecule has 0 aromatic heterocycles. The summed E-state index contributed by atoms with van der Waals surface area (Å²) in [7, 11) is 0. The number of hydrogen-bond donors (Lipinski definition) is 1. The van der Waals surface area contributed by atoms with Gasteiger partial charge < -0.3 is 10.0 Å². The predicted molar refractivity (Wildman–Crippen MR) is 51.2 cm³/mol. The van der Waals surface area contributed by atoms with Gasteiger partial charge in [0.2, 0.25) is 5.91 Å². The molecule has 1 fully saturated rings. The fraction of sp³-hybridized carbons (Fsp3) is 0.900. The first-order valence-corrected chi connectivity index (χ1v) is 5.14. The standard InChI is InChI=1S/C10H19NO2/c1-3-11(4-2)10(13)9-6-5-8(9)7-12/h8-9,12H,3-7H2,1-2H3. The Morgan fingerprint density at radius 1 is 1.38 bits per heavy atom. The monoisotopic (exact) mass is 185 g/mol. The molecule has 1 rings (SSSR count). The molecule has 2 unspecified atom stereocenters. The Morgan fingerprint density at radius 3 is 2.31 bits per heavy atom. The maximum Gasteiger partial charge on any atom is 0.226 e. The topological polar surface area (TPSA) is 40.5 Å². The smallest absolute Gasteiger partial charge is 0.226 e. The van der Waals surface area contributed by atoms with Gasteiger partial charge in [0, 0.05) is 25.6 Å². The summed E-state index contributed by atoms with van der Waals surface area (Å²) in [5.41, 5.74) is 0. The third kappa shape index (κ3) is 2.02. The van der Waals surface area contributed by atoms with Crippen LogP contribution in [0.4, 0.5) is 0 Å². The second-order valence-electron chi connectivity index (χ2n) is 3.64. The van der Waals surface area contributed by atoms with Crippen molar-refractivity contribution < 1.29 is 9.90 Å². The number of nitrogens with zero attached hydrogens (tertiary/aromatic N) is 1. The Kier molecular flexibility index (Phi) is 3.72. The summed E-state index contributed by atoms with van der Waals surface area (Å²) in [4.78, 5) is 13.6. The highest BCUT2D eigenvalue weighted by atomic mass is 16.3. The van der Waals surface area contributed by atoms with Crippen molar-refractivity contribution in [2.75, 3.05) is 19.7 Å². The van der Waals surface area contributed by atoms with Gasteiger partial charge >= 0.3 is 0 Å². The summed E-state index contributed by atoms with van der Waals surface area (Å²) >= 11 is 0. The minimum atomic E-state index is 0.102. The van der Waals surface area contributed by atoms with Crippen molar-refractivity contribution in [3.63, 3.8) is 0 Å². The number of aliphatic hydroxyl groups is 1. The Morgan fingerprint density at radius 2 is 2.00 bits per heavy atom. The molecule has 0 saturated heterocycles. The molecule has 0 aromatic rings. The largest absolute Gasteiger partial charge is 0.396 e. The number of carbonyl (C=O) groups is 1. The molecule has 1 amide bonds. The van der Waals surface area contributed by atoms with Crippen LogP contribution in [0, 0.1) is 11.8 Å². The van der Waals surface area contributed by atoms with Crippen molar-refractivity contribution in [2.45, 2.75) is 26.7 Å². The van der Waals surface area contributed by atoms with E-state index < -0.39 is 0 Å². The van der Waals surface area contributed by atoms with Gasteiger partial charge in [-0.1, -0.05) is 0 Å². The normalized spacial score (nSPS) is 26.7. The van der Waals surface area contributed by atoms with Crippen LogP contribution in [0.15, 0.2) is 0 Å². The molecule has 0 aliphatic heterocycles. The zero-order valence-electron chi connectivity index (χ0n) is 8.49. The van der Waals surface area contributed by atoms with Crippen LogP contribution < -0.4 is 0 Å². The van der Waals surface area contributed by atoms with E-state index in [1.807, 2.05) is 18.7 Å². The van der Waals surface area contributed by atoms with Crippen LogP contribution in [0.2, 0.25) is 0 Å². The van der Waals surface area contributed by atoms with Crippen LogP contribution in [0.3, 0.4) is 0 Å². The van der Waals surface area contributed by atoms with E-state index >= 15 is 0 Å². The van der Waals surface area contributed by atoms with Gasteiger partial charge in [-0.15, -0.1) is 0 Å². The number of carbonyl (C=O) groups excluding carboxylic acids is 1. The molecule has 0 spiro atoms. The van der Waals surface area contributed by atoms with Crippen molar-refractivity contribution in [1.29, 1.82) is 0 Å². The second kappa shape index (κ2) is 4.61. The van der Waals surface area contributed by atoms with E-state index in [9.17, 15) is 4.79 Å². The number of rotatable bonds is 4. The first kappa shape index (κ1) is 10.5. The third-order valence-electron chi connectivity index (χ3n) is 3.04. The van der Waals surface area contributed by atoms with Gasteiger partial charge in [-0.05, 0) is 32.6 Å². The number of aliphatic hydroxyl groups excluding tert-OH is 1. The lowest BCUT2D eigenvalue weighted by atomic mass is 9.73. The van der Waals surface area contributed by atoms with Crippen LogP contribution in [0.1, 0.15) is 26.7 Å². The molecule has 13 heavy (non-hydrogen) atoms. The van der Waals surface area contributed by atoms with E-state index in [2.05, 4.69) is 0 Å². The second-order valence-corrected chi connectivity index (χ2v) is 3.64. The minimum absolute atomic E-state index is 0.102. The maximum atomic E-state index is 11.8. The average Bonchev–Trinajstić information content (AvgIpc) is 2.05. The van der Waals surface area contributed by atoms with E-state index in [-0.39, 0.29) is 24.3 Å². The molecule has 2 atom stereocenters. The lowest BCUT2D eigenvalue weighted by Gasteiger charge is -2.37. The molecule has 0 bridgehead atoms. The Bertz CT molecular complexity index is 176. The molecule has 0 heterocycles. The Hall–Kier alpha value is -0.570. The molecule has 0 radical (unpaired) electrons. The van der Waals surface area contributed by atoms with Gasteiger partial charge in [0.15, 0.2) is 0 Å². The van der Waals surface area contributed by atoms with E-state index in [1.165, 1.54) is 0 Å². The van der Waals surface area contributed by atoms with Gasteiger partial charge in [-0.3, -0.25) is 4.79 Å². The third-order valence-corrected chi connectivity index (χ3v) is 3.04. The van der Waals surface area contributed by atoms with E-state index in [4.69, 9.17) is 5.11 Å². The quantitative estimate of drug-likeness (QED) is 0.706. The zero-order chi connectivity index (χ0) is 9.84. The fourth-order valence-corrected chi connectivity index (χ4v) is 1.88. The van der Waals surface area contributed by atoms with Crippen LogP contribution in [0.5, 0.6) is 0 Å². The van der Waals surface area contributed by atoms with Gasteiger partial charge in [-0.2, -0.15) is 0 Å².